The van der Waals surface area contributed by atoms with Gasteiger partial charge >= 0.3 is 5.97 Å². The lowest BCUT2D eigenvalue weighted by atomic mass is 10.2. The van der Waals surface area contributed by atoms with Gasteiger partial charge in [0.15, 0.2) is 6.61 Å². The van der Waals surface area contributed by atoms with Crippen molar-refractivity contribution in [3.63, 3.8) is 0 Å². The van der Waals surface area contributed by atoms with Gasteiger partial charge < -0.3 is 10.1 Å². The number of ether oxygens (including phenoxy) is 1. The minimum Gasteiger partial charge on any atom is -0.455 e. The standard InChI is InChI=1S/C20H19Cl2N3O5/c21-14-9-7-13(8-10-14)20(29)25-24-18(27)12-30-19(28)6-2-5-17(26)23-16-4-1-3-15(22)11-16/h1,3-4,7-11H,2,5-6,12H2,(H,23,26)(H,24,27)(H,25,29). The van der Waals surface area contributed by atoms with Gasteiger partial charge in [0.25, 0.3) is 11.8 Å². The summed E-state index contributed by atoms with van der Waals surface area (Å²) in [5.41, 5.74) is 5.19. The molecule has 0 fully saturated rings. The van der Waals surface area contributed by atoms with Crippen LogP contribution in [0.4, 0.5) is 5.69 Å². The second-order valence-electron chi connectivity index (χ2n) is 6.08. The summed E-state index contributed by atoms with van der Waals surface area (Å²) < 4.78 is 4.80. The van der Waals surface area contributed by atoms with E-state index in [9.17, 15) is 19.2 Å². The number of halogens is 2. The van der Waals surface area contributed by atoms with Crippen LogP contribution in [0.2, 0.25) is 10.0 Å². The van der Waals surface area contributed by atoms with Crippen LogP contribution < -0.4 is 16.2 Å². The number of carbonyl (C=O) groups excluding carboxylic acids is 4. The lowest BCUT2D eigenvalue weighted by molar-refractivity contribution is -0.148. The quantitative estimate of drug-likeness (QED) is 0.421. The highest BCUT2D eigenvalue weighted by atomic mass is 35.5. The van der Waals surface area contributed by atoms with Crippen molar-refractivity contribution in [1.82, 2.24) is 10.9 Å². The third kappa shape index (κ3) is 8.50. The van der Waals surface area contributed by atoms with Gasteiger partial charge in [0.1, 0.15) is 0 Å². The fraction of sp³-hybridized carbons (Fsp3) is 0.200. The Bertz CT molecular complexity index is 919. The number of anilines is 1. The number of carbonyl (C=O) groups is 4. The molecule has 0 aliphatic heterocycles. The van der Waals surface area contributed by atoms with E-state index in [1.54, 1.807) is 24.3 Å². The first-order valence-electron chi connectivity index (χ1n) is 8.89. The zero-order chi connectivity index (χ0) is 21.9. The van der Waals surface area contributed by atoms with Gasteiger partial charge in [-0.15, -0.1) is 0 Å². The summed E-state index contributed by atoms with van der Waals surface area (Å²) in [6, 6.07) is 12.8. The van der Waals surface area contributed by atoms with Gasteiger partial charge in [-0.05, 0) is 48.9 Å². The van der Waals surface area contributed by atoms with Crippen molar-refractivity contribution in [1.29, 1.82) is 0 Å². The maximum atomic E-state index is 11.8. The molecule has 0 bridgehead atoms. The van der Waals surface area contributed by atoms with Gasteiger partial charge in [0.2, 0.25) is 5.91 Å². The molecule has 0 aromatic heterocycles. The van der Waals surface area contributed by atoms with Crippen LogP contribution >= 0.6 is 23.2 Å². The summed E-state index contributed by atoms with van der Waals surface area (Å²) >= 11 is 11.6. The molecule has 3 N–H and O–H groups in total. The number of hydrazine groups is 1. The molecule has 30 heavy (non-hydrogen) atoms. The Balaban J connectivity index is 1.59. The molecule has 2 rings (SSSR count). The molecule has 8 nitrogen and oxygen atoms in total. The number of nitrogens with one attached hydrogen (secondary N) is 3. The highest BCUT2D eigenvalue weighted by Crippen LogP contribution is 2.15. The third-order valence-electron chi connectivity index (χ3n) is 3.68. The van der Waals surface area contributed by atoms with Gasteiger partial charge in [0.05, 0.1) is 0 Å². The summed E-state index contributed by atoms with van der Waals surface area (Å²) in [5.74, 6) is -2.15. The average molecular weight is 452 g/mol. The van der Waals surface area contributed by atoms with Gasteiger partial charge in [-0.3, -0.25) is 30.0 Å². The summed E-state index contributed by atoms with van der Waals surface area (Å²) in [7, 11) is 0. The van der Waals surface area contributed by atoms with Gasteiger partial charge in [-0.1, -0.05) is 29.3 Å². The van der Waals surface area contributed by atoms with Crippen LogP contribution in [0.1, 0.15) is 29.6 Å². The van der Waals surface area contributed by atoms with Crippen LogP contribution in [0, 0.1) is 0 Å². The highest BCUT2D eigenvalue weighted by molar-refractivity contribution is 6.31. The number of benzene rings is 2. The van der Waals surface area contributed by atoms with Gasteiger partial charge in [0, 0.05) is 34.1 Å². The van der Waals surface area contributed by atoms with Crippen molar-refractivity contribution in [2.24, 2.45) is 0 Å². The predicted octanol–water partition coefficient (Wildman–Crippen LogP) is 3.11. The monoisotopic (exact) mass is 451 g/mol. The maximum Gasteiger partial charge on any atom is 0.306 e. The van der Waals surface area contributed by atoms with E-state index >= 15 is 0 Å². The highest BCUT2D eigenvalue weighted by Gasteiger charge is 2.11. The largest absolute Gasteiger partial charge is 0.455 e. The molecule has 0 saturated heterocycles. The van der Waals surface area contributed by atoms with Crippen molar-refractivity contribution in [3.8, 4) is 0 Å². The molecule has 3 amide bonds. The topological polar surface area (TPSA) is 114 Å². The molecular weight excluding hydrogens is 433 g/mol. The maximum absolute atomic E-state index is 11.8. The lowest BCUT2D eigenvalue weighted by Gasteiger charge is -2.08. The molecule has 2 aromatic rings. The van der Waals surface area contributed by atoms with E-state index in [1.807, 2.05) is 0 Å². The Morgan fingerprint density at radius 1 is 0.833 bits per heavy atom. The van der Waals surface area contributed by atoms with E-state index in [0.29, 0.717) is 21.3 Å². The van der Waals surface area contributed by atoms with E-state index in [0.717, 1.165) is 0 Å². The normalized spacial score (nSPS) is 10.1. The first-order valence-corrected chi connectivity index (χ1v) is 9.65. The van der Waals surface area contributed by atoms with Crippen molar-refractivity contribution in [2.45, 2.75) is 19.3 Å². The predicted molar refractivity (Wildman–Crippen MR) is 112 cm³/mol. The average Bonchev–Trinajstić information content (AvgIpc) is 2.71. The molecule has 2 aromatic carbocycles. The van der Waals surface area contributed by atoms with E-state index in [-0.39, 0.29) is 25.2 Å². The molecule has 0 saturated carbocycles. The first-order chi connectivity index (χ1) is 14.3. The van der Waals surface area contributed by atoms with Gasteiger partial charge in [-0.25, -0.2) is 0 Å². The van der Waals surface area contributed by atoms with Crippen molar-refractivity contribution in [3.05, 3.63) is 64.1 Å². The second kappa shape index (κ2) is 11.8. The SMILES string of the molecule is O=C(COC(=O)CCCC(=O)Nc1cccc(Cl)c1)NNC(=O)c1ccc(Cl)cc1. The van der Waals surface area contributed by atoms with E-state index in [4.69, 9.17) is 27.9 Å². The number of rotatable bonds is 8. The molecule has 0 atom stereocenters. The number of hydrogen-bond acceptors (Lipinski definition) is 5. The smallest absolute Gasteiger partial charge is 0.306 e. The molecular formula is C20H19Cl2N3O5. The summed E-state index contributed by atoms with van der Waals surface area (Å²) in [6.45, 7) is -0.561. The molecule has 10 heteroatoms. The molecule has 158 valence electrons. The zero-order valence-electron chi connectivity index (χ0n) is 15.7. The Labute approximate surface area is 182 Å². The summed E-state index contributed by atoms with van der Waals surface area (Å²) in [5, 5.41) is 3.64. The summed E-state index contributed by atoms with van der Waals surface area (Å²) in [4.78, 5) is 47.0. The minimum absolute atomic E-state index is 0.0343. The third-order valence-corrected chi connectivity index (χ3v) is 4.17. The Morgan fingerprint density at radius 2 is 1.57 bits per heavy atom. The molecule has 0 radical (unpaired) electrons. The van der Waals surface area contributed by atoms with Crippen LogP contribution in [0.15, 0.2) is 48.5 Å². The number of esters is 1. The fourth-order valence-electron chi connectivity index (χ4n) is 2.24. The van der Waals surface area contributed by atoms with Crippen molar-refractivity contribution >= 4 is 52.6 Å². The zero-order valence-corrected chi connectivity index (χ0v) is 17.3. The van der Waals surface area contributed by atoms with Crippen molar-refractivity contribution in [2.75, 3.05) is 11.9 Å². The molecule has 0 aliphatic carbocycles. The van der Waals surface area contributed by atoms with Crippen LogP contribution in [0.3, 0.4) is 0 Å². The Kier molecular flexibility index (Phi) is 9.11. The van der Waals surface area contributed by atoms with E-state index in [2.05, 4.69) is 16.2 Å². The molecule has 0 aliphatic rings. The van der Waals surface area contributed by atoms with Crippen molar-refractivity contribution < 1.29 is 23.9 Å². The molecule has 0 spiro atoms. The van der Waals surface area contributed by atoms with Crippen LogP contribution in [-0.2, 0) is 19.1 Å². The van der Waals surface area contributed by atoms with Gasteiger partial charge in [-0.2, -0.15) is 0 Å². The number of amides is 3. The van der Waals surface area contributed by atoms with Crippen LogP contribution in [0.5, 0.6) is 0 Å². The van der Waals surface area contributed by atoms with E-state index < -0.39 is 24.4 Å². The molecule has 0 unspecified atom stereocenters. The fourth-order valence-corrected chi connectivity index (χ4v) is 2.55. The minimum atomic E-state index is -0.704. The lowest BCUT2D eigenvalue weighted by Crippen LogP contribution is -2.43. The second-order valence-corrected chi connectivity index (χ2v) is 6.95. The van der Waals surface area contributed by atoms with E-state index in [1.165, 1.54) is 24.3 Å². The van der Waals surface area contributed by atoms with Crippen LogP contribution in [0.25, 0.3) is 0 Å². The number of hydrogen-bond donors (Lipinski definition) is 3. The first kappa shape index (κ1) is 23.2. The molecule has 0 heterocycles. The van der Waals surface area contributed by atoms with Crippen LogP contribution in [-0.4, -0.2) is 30.3 Å². The Hall–Kier alpha value is -3.10. The Morgan fingerprint density at radius 3 is 2.27 bits per heavy atom. The summed E-state index contributed by atoms with van der Waals surface area (Å²) in [6.07, 6.45) is 0.318.